The van der Waals surface area contributed by atoms with E-state index in [9.17, 15) is 5.11 Å². The van der Waals surface area contributed by atoms with Crippen LogP contribution in [0.25, 0.3) is 0 Å². The molecule has 4 aliphatic carbocycles. The minimum Gasteiger partial charge on any atom is -0.393 e. The minimum atomic E-state index is -0.0964. The number of fused-ring (bicyclic) bond motifs is 7. The summed E-state index contributed by atoms with van der Waals surface area (Å²) in [5.74, 6) is 3.16. The highest BCUT2D eigenvalue weighted by atomic mass is 16.7. The summed E-state index contributed by atoms with van der Waals surface area (Å²) in [4.78, 5) is 5.97. The van der Waals surface area contributed by atoms with Crippen molar-refractivity contribution < 1.29 is 9.94 Å². The van der Waals surface area contributed by atoms with Crippen molar-refractivity contribution in [1.29, 1.82) is 0 Å². The van der Waals surface area contributed by atoms with Gasteiger partial charge in [-0.05, 0) is 80.5 Å². The molecule has 5 aliphatic rings. The number of hydrogen-bond donors (Lipinski definition) is 2. The van der Waals surface area contributed by atoms with Gasteiger partial charge in [0.1, 0.15) is 0 Å². The maximum atomic E-state index is 10.1. The van der Waals surface area contributed by atoms with Crippen molar-refractivity contribution in [2.24, 2.45) is 34.5 Å². The van der Waals surface area contributed by atoms with E-state index >= 15 is 0 Å². The average Bonchev–Trinajstić information content (AvgIpc) is 3.06. The second-order valence-corrected chi connectivity index (χ2v) is 10.0. The maximum absolute atomic E-state index is 10.1. The largest absolute Gasteiger partial charge is 0.393 e. The van der Waals surface area contributed by atoms with Crippen LogP contribution >= 0.6 is 0 Å². The molecule has 0 bridgehead atoms. The number of hydroxylamine groups is 1. The van der Waals surface area contributed by atoms with Gasteiger partial charge in [-0.1, -0.05) is 25.5 Å². The Morgan fingerprint density at radius 3 is 2.88 bits per heavy atom. The van der Waals surface area contributed by atoms with Gasteiger partial charge in [-0.25, -0.2) is 0 Å². The highest BCUT2D eigenvalue weighted by Gasteiger charge is 2.63. The Labute approximate surface area is 146 Å². The Kier molecular flexibility index (Phi) is 3.35. The minimum absolute atomic E-state index is 0.0964. The Bertz CT molecular complexity index is 574. The molecule has 0 aromatic carbocycles. The molecule has 4 fully saturated rings. The molecule has 0 spiro atoms. The van der Waals surface area contributed by atoms with Crippen molar-refractivity contribution in [3.05, 3.63) is 11.6 Å². The molecular weight excluding hydrogens is 298 g/mol. The lowest BCUT2D eigenvalue weighted by Gasteiger charge is -2.58. The van der Waals surface area contributed by atoms with Gasteiger partial charge in [-0.15, -0.1) is 0 Å². The smallest absolute Gasteiger partial charge is 0.0842 e. The van der Waals surface area contributed by atoms with Crippen LogP contribution in [0.3, 0.4) is 0 Å². The zero-order valence-electron chi connectivity index (χ0n) is 15.4. The van der Waals surface area contributed by atoms with Crippen LogP contribution in [0.15, 0.2) is 11.6 Å². The van der Waals surface area contributed by atoms with Crippen molar-refractivity contribution in [2.45, 2.75) is 84.0 Å². The van der Waals surface area contributed by atoms with Crippen LogP contribution in [0.1, 0.15) is 65.7 Å². The molecule has 9 unspecified atom stereocenters. The summed E-state index contributed by atoms with van der Waals surface area (Å²) in [6.45, 7) is 7.39. The fourth-order valence-corrected chi connectivity index (χ4v) is 7.95. The number of aliphatic hydroxyl groups is 1. The normalized spacial score (nSPS) is 59.2. The fourth-order valence-electron chi connectivity index (χ4n) is 7.95. The molecule has 24 heavy (non-hydrogen) atoms. The van der Waals surface area contributed by atoms with E-state index in [-0.39, 0.29) is 6.10 Å². The quantitative estimate of drug-likeness (QED) is 0.663. The van der Waals surface area contributed by atoms with Crippen LogP contribution in [0.5, 0.6) is 0 Å². The topological polar surface area (TPSA) is 41.5 Å². The molecule has 0 radical (unpaired) electrons. The Morgan fingerprint density at radius 1 is 1.21 bits per heavy atom. The third kappa shape index (κ3) is 1.90. The Balaban J connectivity index is 1.49. The molecule has 5 rings (SSSR count). The fraction of sp³-hybridized carbons (Fsp3) is 0.905. The van der Waals surface area contributed by atoms with Crippen LogP contribution in [0.4, 0.5) is 0 Å². The molecule has 134 valence electrons. The summed E-state index contributed by atoms with van der Waals surface area (Å²) in [5, 5.41) is 10.1. The van der Waals surface area contributed by atoms with E-state index in [1.165, 1.54) is 32.1 Å². The van der Waals surface area contributed by atoms with Gasteiger partial charge in [0, 0.05) is 12.0 Å². The number of hydrogen-bond acceptors (Lipinski definition) is 3. The summed E-state index contributed by atoms with van der Waals surface area (Å²) < 4.78 is 0. The van der Waals surface area contributed by atoms with Gasteiger partial charge in [-0.3, -0.25) is 4.84 Å². The van der Waals surface area contributed by atoms with Gasteiger partial charge < -0.3 is 5.11 Å². The van der Waals surface area contributed by atoms with Gasteiger partial charge >= 0.3 is 0 Å². The first-order chi connectivity index (χ1) is 11.4. The van der Waals surface area contributed by atoms with E-state index in [1.807, 2.05) is 0 Å². The van der Waals surface area contributed by atoms with Crippen molar-refractivity contribution >= 4 is 0 Å². The Morgan fingerprint density at radius 2 is 2.04 bits per heavy atom. The molecule has 2 N–H and O–H groups in total. The van der Waals surface area contributed by atoms with E-state index in [0.717, 1.165) is 30.6 Å². The molecule has 1 aliphatic heterocycles. The number of nitrogens with one attached hydrogen (secondary N) is 1. The Hall–Kier alpha value is -0.380. The van der Waals surface area contributed by atoms with Gasteiger partial charge in [0.25, 0.3) is 0 Å². The SMILES string of the molecule is CC1NOC2CC3C4CC=C5CC(O)CCC5(C)C4CCC3(C)C12. The average molecular weight is 332 g/mol. The predicted molar refractivity (Wildman–Crippen MR) is 94.1 cm³/mol. The number of allylic oxidation sites excluding steroid dienone is 1. The maximum Gasteiger partial charge on any atom is 0.0842 e. The van der Waals surface area contributed by atoms with Gasteiger partial charge in [0.15, 0.2) is 0 Å². The molecule has 1 heterocycles. The van der Waals surface area contributed by atoms with E-state index in [2.05, 4.69) is 32.3 Å². The lowest BCUT2D eigenvalue weighted by Crippen LogP contribution is -2.51. The summed E-state index contributed by atoms with van der Waals surface area (Å²) in [6, 6.07) is 0.497. The summed E-state index contributed by atoms with van der Waals surface area (Å²) in [6.07, 6.45) is 11.2. The molecule has 3 heteroatoms. The number of rotatable bonds is 0. The highest BCUT2D eigenvalue weighted by molar-refractivity contribution is 5.26. The first-order valence-corrected chi connectivity index (χ1v) is 10.2. The van der Waals surface area contributed by atoms with Crippen molar-refractivity contribution in [2.75, 3.05) is 0 Å². The molecule has 9 atom stereocenters. The van der Waals surface area contributed by atoms with Gasteiger partial charge in [0.05, 0.1) is 12.2 Å². The van der Waals surface area contributed by atoms with Crippen molar-refractivity contribution in [3.8, 4) is 0 Å². The van der Waals surface area contributed by atoms with Crippen molar-refractivity contribution in [3.63, 3.8) is 0 Å². The van der Waals surface area contributed by atoms with E-state index in [0.29, 0.717) is 28.9 Å². The third-order valence-corrected chi connectivity index (χ3v) is 9.11. The lowest BCUT2D eigenvalue weighted by atomic mass is 9.47. The van der Waals surface area contributed by atoms with Crippen LogP contribution in [-0.4, -0.2) is 23.4 Å². The summed E-state index contributed by atoms with van der Waals surface area (Å²) in [5.41, 5.74) is 5.65. The van der Waals surface area contributed by atoms with Crippen LogP contribution < -0.4 is 5.48 Å². The number of aliphatic hydroxyl groups excluding tert-OH is 1. The predicted octanol–water partition coefficient (Wildman–Crippen LogP) is 3.83. The van der Waals surface area contributed by atoms with Gasteiger partial charge in [-0.2, -0.15) is 5.48 Å². The van der Waals surface area contributed by atoms with E-state index < -0.39 is 0 Å². The highest BCUT2D eigenvalue weighted by Crippen LogP contribution is 2.67. The second-order valence-electron chi connectivity index (χ2n) is 10.0. The van der Waals surface area contributed by atoms with Gasteiger partial charge in [0.2, 0.25) is 0 Å². The lowest BCUT2D eigenvalue weighted by molar-refractivity contribution is -0.0543. The molecule has 0 amide bonds. The molecule has 0 aromatic heterocycles. The monoisotopic (exact) mass is 331 g/mol. The first-order valence-electron chi connectivity index (χ1n) is 10.2. The van der Waals surface area contributed by atoms with E-state index in [4.69, 9.17) is 4.84 Å². The molecule has 3 saturated carbocycles. The zero-order valence-corrected chi connectivity index (χ0v) is 15.4. The summed E-state index contributed by atoms with van der Waals surface area (Å²) in [7, 11) is 0. The zero-order chi connectivity index (χ0) is 16.7. The second kappa shape index (κ2) is 5.08. The summed E-state index contributed by atoms with van der Waals surface area (Å²) >= 11 is 0. The third-order valence-electron chi connectivity index (χ3n) is 9.11. The van der Waals surface area contributed by atoms with Crippen LogP contribution in [0, 0.1) is 34.5 Å². The molecule has 3 nitrogen and oxygen atoms in total. The van der Waals surface area contributed by atoms with Crippen molar-refractivity contribution in [1.82, 2.24) is 5.48 Å². The van der Waals surface area contributed by atoms with E-state index in [1.54, 1.807) is 5.57 Å². The standard InChI is InChI=1S/C21H33NO2/c1-12-19-18(24-22-12)11-17-15-5-4-13-10-14(23)6-8-20(13,2)16(15)7-9-21(17,19)3/h4,12,14-19,22-23H,5-11H2,1-3H3. The van der Waals surface area contributed by atoms with Crippen LogP contribution in [-0.2, 0) is 4.84 Å². The molecule has 0 aromatic rings. The molecular formula is C21H33NO2. The van der Waals surface area contributed by atoms with Crippen LogP contribution in [0.2, 0.25) is 0 Å². The first kappa shape index (κ1) is 15.8. The molecule has 1 saturated heterocycles.